The summed E-state index contributed by atoms with van der Waals surface area (Å²) in [5.74, 6) is -0.141. The van der Waals surface area contributed by atoms with Crippen LogP contribution in [-0.4, -0.2) is 5.78 Å². The number of carbonyl (C=O) groups excluding carboxylic acids is 1. The van der Waals surface area contributed by atoms with Crippen LogP contribution in [0.2, 0.25) is 0 Å². The van der Waals surface area contributed by atoms with Crippen molar-refractivity contribution in [2.45, 2.75) is 0 Å². The first-order valence-corrected chi connectivity index (χ1v) is 5.10. The summed E-state index contributed by atoms with van der Waals surface area (Å²) in [5.41, 5.74) is 3.69. The zero-order valence-electron chi connectivity index (χ0n) is 8.96. The van der Waals surface area contributed by atoms with Crippen molar-refractivity contribution >= 4 is 11.5 Å². The minimum Gasteiger partial charge on any atom is -0.289 e. The lowest BCUT2D eigenvalue weighted by Gasteiger charge is -2.05. The van der Waals surface area contributed by atoms with Gasteiger partial charge in [0.1, 0.15) is 0 Å². The van der Waals surface area contributed by atoms with Crippen molar-refractivity contribution in [3.63, 3.8) is 0 Å². The van der Waals surface area contributed by atoms with Crippen molar-refractivity contribution < 1.29 is 4.79 Å². The summed E-state index contributed by atoms with van der Waals surface area (Å²) in [6, 6.07) is 15.7. The summed E-state index contributed by atoms with van der Waals surface area (Å²) in [6.07, 6.45) is 0. The number of para-hydroxylation sites is 1. The highest BCUT2D eigenvalue weighted by Gasteiger charge is 2.12. The van der Waals surface area contributed by atoms with E-state index in [1.165, 1.54) is 0 Å². The topological polar surface area (TPSA) is 58.5 Å². The quantitative estimate of drug-likeness (QED) is 0.495. The fraction of sp³-hybridized carbons (Fsp3) is 0. The molecule has 0 radical (unpaired) electrons. The Labute approximate surface area is 98.2 Å². The maximum atomic E-state index is 12.2. The van der Waals surface area contributed by atoms with E-state index in [0.29, 0.717) is 16.8 Å². The zero-order valence-corrected chi connectivity index (χ0v) is 8.96. The highest BCUT2D eigenvalue weighted by Crippen LogP contribution is 2.19. The van der Waals surface area contributed by atoms with Gasteiger partial charge in [0.25, 0.3) is 0 Å². The molecule has 1 N–H and O–H groups in total. The third kappa shape index (κ3) is 2.36. The molecule has 2 aromatic carbocycles. The Morgan fingerprint density at radius 1 is 0.941 bits per heavy atom. The largest absolute Gasteiger partial charge is 0.289 e. The molecule has 0 aromatic heterocycles. The Bertz CT molecular complexity index is 538. The SMILES string of the molecule is O=NNc1ccccc1C(=O)c1ccccc1. The monoisotopic (exact) mass is 226 g/mol. The predicted molar refractivity (Wildman–Crippen MR) is 65.7 cm³/mol. The van der Waals surface area contributed by atoms with Gasteiger partial charge >= 0.3 is 0 Å². The second kappa shape index (κ2) is 5.03. The van der Waals surface area contributed by atoms with Crippen LogP contribution in [0.15, 0.2) is 59.9 Å². The molecule has 0 saturated carbocycles. The molecule has 0 bridgehead atoms. The Kier molecular flexibility index (Phi) is 3.25. The average molecular weight is 226 g/mol. The van der Waals surface area contributed by atoms with Crippen LogP contribution in [0.25, 0.3) is 0 Å². The first kappa shape index (κ1) is 11.0. The molecule has 2 rings (SSSR count). The summed E-state index contributed by atoms with van der Waals surface area (Å²) in [7, 11) is 0. The van der Waals surface area contributed by atoms with E-state index in [9.17, 15) is 9.70 Å². The van der Waals surface area contributed by atoms with Crippen molar-refractivity contribution in [1.29, 1.82) is 0 Å². The van der Waals surface area contributed by atoms with Crippen molar-refractivity contribution in [3.05, 3.63) is 70.6 Å². The van der Waals surface area contributed by atoms with Crippen molar-refractivity contribution in [2.24, 2.45) is 5.29 Å². The van der Waals surface area contributed by atoms with Crippen LogP contribution in [0, 0.1) is 4.91 Å². The lowest BCUT2D eigenvalue weighted by molar-refractivity contribution is 0.103. The Morgan fingerprint density at radius 3 is 2.29 bits per heavy atom. The number of nitrogens with one attached hydrogen (secondary N) is 1. The van der Waals surface area contributed by atoms with Crippen molar-refractivity contribution in [2.75, 3.05) is 5.43 Å². The van der Waals surface area contributed by atoms with Gasteiger partial charge in [0.2, 0.25) is 0 Å². The normalized spacial score (nSPS) is 9.65. The van der Waals surface area contributed by atoms with Gasteiger partial charge < -0.3 is 0 Å². The van der Waals surface area contributed by atoms with Crippen molar-refractivity contribution in [3.8, 4) is 0 Å². The predicted octanol–water partition coefficient (Wildman–Crippen LogP) is 3.01. The summed E-state index contributed by atoms with van der Waals surface area (Å²) in [4.78, 5) is 22.4. The van der Waals surface area contributed by atoms with Crippen LogP contribution < -0.4 is 5.43 Å². The maximum absolute atomic E-state index is 12.2. The lowest BCUT2D eigenvalue weighted by atomic mass is 10.0. The highest BCUT2D eigenvalue weighted by atomic mass is 16.3. The third-order valence-electron chi connectivity index (χ3n) is 2.37. The van der Waals surface area contributed by atoms with Gasteiger partial charge in [-0.15, -0.1) is 4.91 Å². The van der Waals surface area contributed by atoms with E-state index < -0.39 is 0 Å². The number of carbonyl (C=O) groups is 1. The summed E-state index contributed by atoms with van der Waals surface area (Å²) in [5, 5.41) is 2.59. The van der Waals surface area contributed by atoms with Gasteiger partial charge in [-0.1, -0.05) is 42.5 Å². The highest BCUT2D eigenvalue weighted by molar-refractivity contribution is 6.12. The molecule has 0 saturated heterocycles. The fourth-order valence-corrected chi connectivity index (χ4v) is 1.57. The Balaban J connectivity index is 2.40. The minimum absolute atomic E-state index is 0.141. The average Bonchev–Trinajstić information content (AvgIpc) is 2.40. The van der Waals surface area contributed by atoms with E-state index >= 15 is 0 Å². The van der Waals surface area contributed by atoms with E-state index in [1.807, 2.05) is 6.07 Å². The number of nitrogens with zero attached hydrogens (tertiary/aromatic N) is 1. The molecular weight excluding hydrogens is 216 g/mol. The molecule has 0 unspecified atom stereocenters. The summed E-state index contributed by atoms with van der Waals surface area (Å²) in [6.45, 7) is 0. The second-order valence-electron chi connectivity index (χ2n) is 3.44. The molecule has 2 aromatic rings. The molecule has 0 heterocycles. The maximum Gasteiger partial charge on any atom is 0.195 e. The molecule has 0 spiro atoms. The van der Waals surface area contributed by atoms with Crippen LogP contribution in [0.1, 0.15) is 15.9 Å². The minimum atomic E-state index is -0.141. The summed E-state index contributed by atoms with van der Waals surface area (Å²) < 4.78 is 0. The second-order valence-corrected chi connectivity index (χ2v) is 3.44. The number of benzene rings is 2. The van der Waals surface area contributed by atoms with E-state index in [4.69, 9.17) is 0 Å². The number of ketones is 1. The van der Waals surface area contributed by atoms with Crippen LogP contribution in [-0.2, 0) is 0 Å². The summed E-state index contributed by atoms with van der Waals surface area (Å²) >= 11 is 0. The Hall–Kier alpha value is -2.49. The molecule has 4 heteroatoms. The molecular formula is C13H10N2O2. The molecule has 0 aliphatic heterocycles. The standard InChI is InChI=1S/C13H10N2O2/c16-13(10-6-2-1-3-7-10)11-8-4-5-9-12(11)14-15-17/h1-9H,(H,14,17). The van der Waals surface area contributed by atoms with Crippen LogP contribution in [0.4, 0.5) is 5.69 Å². The number of nitroso groups, excluding NO2 is 1. The zero-order chi connectivity index (χ0) is 12.1. The van der Waals surface area contributed by atoms with Crippen LogP contribution >= 0.6 is 0 Å². The first-order valence-electron chi connectivity index (χ1n) is 5.10. The first-order chi connectivity index (χ1) is 8.33. The number of anilines is 1. The van der Waals surface area contributed by atoms with Gasteiger partial charge in [-0.3, -0.25) is 4.79 Å². The fourth-order valence-electron chi connectivity index (χ4n) is 1.57. The molecule has 0 fully saturated rings. The molecule has 0 amide bonds. The van der Waals surface area contributed by atoms with Gasteiger partial charge in [0.05, 0.1) is 11.0 Å². The molecule has 0 atom stereocenters. The smallest absolute Gasteiger partial charge is 0.195 e. The van der Waals surface area contributed by atoms with E-state index in [1.54, 1.807) is 48.5 Å². The van der Waals surface area contributed by atoms with Crippen molar-refractivity contribution in [1.82, 2.24) is 0 Å². The van der Waals surface area contributed by atoms with Gasteiger partial charge in [-0.05, 0) is 12.1 Å². The van der Waals surface area contributed by atoms with Crippen LogP contribution in [0.5, 0.6) is 0 Å². The van der Waals surface area contributed by atoms with E-state index in [0.717, 1.165) is 0 Å². The van der Waals surface area contributed by atoms with Gasteiger partial charge in [-0.2, -0.15) is 0 Å². The van der Waals surface area contributed by atoms with E-state index in [-0.39, 0.29) is 5.78 Å². The number of hydrogen-bond acceptors (Lipinski definition) is 3. The Morgan fingerprint density at radius 2 is 1.59 bits per heavy atom. The number of hydrogen-bond donors (Lipinski definition) is 1. The third-order valence-corrected chi connectivity index (χ3v) is 2.37. The molecule has 84 valence electrons. The van der Waals surface area contributed by atoms with Gasteiger partial charge in [0, 0.05) is 11.1 Å². The van der Waals surface area contributed by atoms with E-state index in [2.05, 4.69) is 10.7 Å². The lowest BCUT2D eigenvalue weighted by Crippen LogP contribution is -2.04. The van der Waals surface area contributed by atoms with Crippen LogP contribution in [0.3, 0.4) is 0 Å². The molecule has 0 aliphatic rings. The number of rotatable bonds is 4. The molecule has 17 heavy (non-hydrogen) atoms. The molecule has 4 nitrogen and oxygen atoms in total. The van der Waals surface area contributed by atoms with Gasteiger partial charge in [0.15, 0.2) is 5.78 Å². The van der Waals surface area contributed by atoms with Gasteiger partial charge in [-0.25, -0.2) is 5.43 Å². The molecule has 0 aliphatic carbocycles.